The minimum Gasteiger partial charge on any atom is -0.449 e. The van der Waals surface area contributed by atoms with Gasteiger partial charge in [0.15, 0.2) is 0 Å². The molecule has 4 rings (SSSR count). The maximum Gasteiger partial charge on any atom is 0.407 e. The van der Waals surface area contributed by atoms with Gasteiger partial charge in [0.25, 0.3) is 0 Å². The van der Waals surface area contributed by atoms with Gasteiger partial charge in [-0.05, 0) is 40.3 Å². The Bertz CT molecular complexity index is 1060. The number of halogens is 1. The third-order valence-corrected chi connectivity index (χ3v) is 5.47. The second-order valence-electron chi connectivity index (χ2n) is 7.46. The molecule has 31 heavy (non-hydrogen) atoms. The summed E-state index contributed by atoms with van der Waals surface area (Å²) in [4.78, 5) is 12.1. The molecule has 0 unspecified atom stereocenters. The molecule has 3 aromatic rings. The van der Waals surface area contributed by atoms with Gasteiger partial charge in [-0.15, -0.1) is 0 Å². The molecule has 0 saturated heterocycles. The van der Waals surface area contributed by atoms with Gasteiger partial charge in [-0.2, -0.15) is 0 Å². The quantitative estimate of drug-likeness (QED) is 0.516. The summed E-state index contributed by atoms with van der Waals surface area (Å²) < 4.78 is 19.4. The summed E-state index contributed by atoms with van der Waals surface area (Å²) in [5, 5.41) is 11.8. The number of benzene rings is 3. The van der Waals surface area contributed by atoms with E-state index < -0.39 is 6.09 Å². The molecule has 0 bridgehead atoms. The first kappa shape index (κ1) is 20.8. The minimum atomic E-state index is -0.464. The monoisotopic (exact) mass is 417 g/mol. The van der Waals surface area contributed by atoms with Gasteiger partial charge in [-0.3, -0.25) is 0 Å². The molecule has 1 amide bonds. The van der Waals surface area contributed by atoms with Gasteiger partial charge in [0.1, 0.15) is 12.4 Å². The Labute approximate surface area is 181 Å². The fraction of sp³-hybridized carbons (Fsp3) is 0.192. The van der Waals surface area contributed by atoms with Crippen LogP contribution in [0.1, 0.15) is 34.6 Å². The predicted octanol–water partition coefficient (Wildman–Crippen LogP) is 5.26. The molecule has 0 spiro atoms. The largest absolute Gasteiger partial charge is 0.449 e. The van der Waals surface area contributed by atoms with Gasteiger partial charge in [-0.1, -0.05) is 72.8 Å². The van der Waals surface area contributed by atoms with Crippen LogP contribution in [0, 0.1) is 5.82 Å². The van der Waals surface area contributed by atoms with Gasteiger partial charge in [0.05, 0.1) is 6.61 Å². The highest BCUT2D eigenvalue weighted by molar-refractivity contribution is 5.79. The van der Waals surface area contributed by atoms with Crippen molar-refractivity contribution in [2.75, 3.05) is 13.2 Å². The number of carbonyl (C=O) groups excluding carboxylic acids is 1. The van der Waals surface area contributed by atoms with Crippen LogP contribution in [-0.4, -0.2) is 24.4 Å². The fourth-order valence-electron chi connectivity index (χ4n) is 3.92. The van der Waals surface area contributed by atoms with Crippen LogP contribution in [0.4, 0.5) is 9.18 Å². The molecular formula is C26H24FNO3. The maximum absolute atomic E-state index is 13.9. The zero-order chi connectivity index (χ0) is 21.6. The number of hydrogen-bond acceptors (Lipinski definition) is 3. The molecule has 0 atom stereocenters. The summed E-state index contributed by atoms with van der Waals surface area (Å²) in [5.74, 6) is -0.352. The third kappa shape index (κ3) is 4.67. The molecule has 3 aromatic carbocycles. The van der Waals surface area contributed by atoms with Crippen molar-refractivity contribution in [3.8, 4) is 11.1 Å². The Kier molecular flexibility index (Phi) is 6.43. The van der Waals surface area contributed by atoms with E-state index in [0.717, 1.165) is 0 Å². The number of aliphatic hydroxyl groups excluding tert-OH is 1. The molecule has 0 aliphatic heterocycles. The van der Waals surface area contributed by atoms with E-state index in [4.69, 9.17) is 9.84 Å². The number of fused-ring (bicyclic) bond motifs is 3. The SMILES string of the molecule is O=C(NCCC=Cc1ccc(CO)cc1F)OCC1c2ccccc2-c2ccccc21. The number of aliphatic hydroxyl groups is 1. The van der Waals surface area contributed by atoms with E-state index in [-0.39, 0.29) is 24.9 Å². The molecular weight excluding hydrogens is 393 g/mol. The van der Waals surface area contributed by atoms with E-state index in [0.29, 0.717) is 24.1 Å². The van der Waals surface area contributed by atoms with Crippen molar-refractivity contribution in [3.05, 3.63) is 101 Å². The number of carbonyl (C=O) groups is 1. The average molecular weight is 417 g/mol. The number of nitrogens with one attached hydrogen (secondary N) is 1. The molecule has 0 heterocycles. The van der Waals surface area contributed by atoms with Crippen molar-refractivity contribution in [3.63, 3.8) is 0 Å². The van der Waals surface area contributed by atoms with Crippen LogP contribution in [0.15, 0.2) is 72.8 Å². The lowest BCUT2D eigenvalue weighted by Crippen LogP contribution is -2.26. The third-order valence-electron chi connectivity index (χ3n) is 5.47. The van der Waals surface area contributed by atoms with E-state index in [9.17, 15) is 9.18 Å². The number of alkyl carbamates (subject to hydrolysis) is 1. The van der Waals surface area contributed by atoms with E-state index in [1.807, 2.05) is 24.3 Å². The molecule has 0 radical (unpaired) electrons. The lowest BCUT2D eigenvalue weighted by atomic mass is 9.98. The molecule has 5 heteroatoms. The molecule has 0 aromatic heterocycles. The first-order chi connectivity index (χ1) is 15.2. The second kappa shape index (κ2) is 9.58. The summed E-state index contributed by atoms with van der Waals surface area (Å²) in [6.07, 6.45) is 3.54. The van der Waals surface area contributed by atoms with E-state index >= 15 is 0 Å². The Morgan fingerprint density at radius 1 is 1.03 bits per heavy atom. The van der Waals surface area contributed by atoms with Crippen molar-refractivity contribution < 1.29 is 19.0 Å². The predicted molar refractivity (Wildman–Crippen MR) is 119 cm³/mol. The molecule has 2 N–H and O–H groups in total. The highest BCUT2D eigenvalue weighted by Crippen LogP contribution is 2.44. The van der Waals surface area contributed by atoms with Crippen molar-refractivity contribution in [1.82, 2.24) is 5.32 Å². The summed E-state index contributed by atoms with van der Waals surface area (Å²) >= 11 is 0. The highest BCUT2D eigenvalue weighted by Gasteiger charge is 2.28. The normalized spacial score (nSPS) is 12.6. The number of rotatable bonds is 7. The molecule has 158 valence electrons. The van der Waals surface area contributed by atoms with Gasteiger partial charge >= 0.3 is 6.09 Å². The standard InChI is InChI=1S/C26H24FNO3/c27-25-15-18(16-29)12-13-19(25)7-5-6-14-28-26(30)31-17-24-22-10-3-1-8-20(22)21-9-2-4-11-23(21)24/h1-5,7-13,15,24,29H,6,14,16-17H2,(H,28,30). The summed E-state index contributed by atoms with van der Waals surface area (Å²) in [6, 6.07) is 21.0. The minimum absolute atomic E-state index is 0.0305. The molecule has 1 aliphatic rings. The van der Waals surface area contributed by atoms with Crippen LogP contribution in [0.25, 0.3) is 17.2 Å². The molecule has 4 nitrogen and oxygen atoms in total. The van der Waals surface area contributed by atoms with Crippen LogP contribution in [0.5, 0.6) is 0 Å². The van der Waals surface area contributed by atoms with E-state index in [2.05, 4.69) is 29.6 Å². The van der Waals surface area contributed by atoms with E-state index in [1.165, 1.54) is 28.3 Å². The van der Waals surface area contributed by atoms with Crippen molar-refractivity contribution in [1.29, 1.82) is 0 Å². The van der Waals surface area contributed by atoms with Gasteiger partial charge < -0.3 is 15.2 Å². The Balaban J connectivity index is 1.27. The van der Waals surface area contributed by atoms with Gasteiger partial charge in [0, 0.05) is 18.0 Å². The number of ether oxygens (including phenoxy) is 1. The smallest absolute Gasteiger partial charge is 0.407 e. The molecule has 0 saturated carbocycles. The lowest BCUT2D eigenvalue weighted by molar-refractivity contribution is 0.143. The maximum atomic E-state index is 13.9. The van der Waals surface area contributed by atoms with Crippen LogP contribution in [0.2, 0.25) is 0 Å². The average Bonchev–Trinajstić information content (AvgIpc) is 3.12. The number of amides is 1. The molecule has 1 aliphatic carbocycles. The zero-order valence-corrected chi connectivity index (χ0v) is 17.1. The first-order valence-electron chi connectivity index (χ1n) is 10.3. The highest BCUT2D eigenvalue weighted by atomic mass is 19.1. The van der Waals surface area contributed by atoms with Crippen LogP contribution < -0.4 is 5.32 Å². The summed E-state index contributed by atoms with van der Waals surface area (Å²) in [5.41, 5.74) is 5.71. The van der Waals surface area contributed by atoms with Crippen LogP contribution >= 0.6 is 0 Å². The number of hydrogen-bond donors (Lipinski definition) is 2. The Hall–Kier alpha value is -3.44. The second-order valence-corrected chi connectivity index (χ2v) is 7.46. The van der Waals surface area contributed by atoms with Gasteiger partial charge in [-0.25, -0.2) is 9.18 Å². The first-order valence-corrected chi connectivity index (χ1v) is 10.3. The summed E-state index contributed by atoms with van der Waals surface area (Å²) in [6.45, 7) is 0.479. The van der Waals surface area contributed by atoms with Crippen molar-refractivity contribution >= 4 is 12.2 Å². The van der Waals surface area contributed by atoms with E-state index in [1.54, 1.807) is 24.3 Å². The van der Waals surface area contributed by atoms with Crippen LogP contribution in [-0.2, 0) is 11.3 Å². The molecule has 0 fully saturated rings. The summed E-state index contributed by atoms with van der Waals surface area (Å²) in [7, 11) is 0. The lowest BCUT2D eigenvalue weighted by Gasteiger charge is -2.14. The van der Waals surface area contributed by atoms with Crippen molar-refractivity contribution in [2.24, 2.45) is 0 Å². The Morgan fingerprint density at radius 3 is 2.35 bits per heavy atom. The zero-order valence-electron chi connectivity index (χ0n) is 17.1. The van der Waals surface area contributed by atoms with Crippen LogP contribution in [0.3, 0.4) is 0 Å². The topological polar surface area (TPSA) is 58.6 Å². The van der Waals surface area contributed by atoms with Crippen molar-refractivity contribution in [2.45, 2.75) is 18.9 Å². The fourth-order valence-corrected chi connectivity index (χ4v) is 3.92. The van der Waals surface area contributed by atoms with Gasteiger partial charge in [0.2, 0.25) is 0 Å². The Morgan fingerprint density at radius 2 is 1.71 bits per heavy atom.